The quantitative estimate of drug-likeness (QED) is 0.131. The standard InChI is InChI=1S/C39H53N7O/c1-24(2)21-46(22-25(3)4)38(47)39(8,9)34-17-31-33(20-41-34)44-36(30-14-26(5)13-27(6)15-30)35(31)28(7)18-40-12-11-29-16-32-37(42-19-29)45(10)23-43-32/h13-17,19-20,23-25,28,40,44H,11-12,18,21-22H2,1-10H3. The van der Waals surface area contributed by atoms with Crippen molar-refractivity contribution in [2.75, 3.05) is 26.2 Å². The first kappa shape index (κ1) is 34.3. The summed E-state index contributed by atoms with van der Waals surface area (Å²) in [5.41, 5.74) is 10.0. The monoisotopic (exact) mass is 635 g/mol. The predicted molar refractivity (Wildman–Crippen MR) is 194 cm³/mol. The third-order valence-corrected chi connectivity index (χ3v) is 9.01. The van der Waals surface area contributed by atoms with Crippen LogP contribution in [0, 0.1) is 25.7 Å². The Hall–Kier alpha value is -4.04. The zero-order valence-corrected chi connectivity index (χ0v) is 30.0. The summed E-state index contributed by atoms with van der Waals surface area (Å²) in [4.78, 5) is 33.9. The predicted octanol–water partition coefficient (Wildman–Crippen LogP) is 7.48. The van der Waals surface area contributed by atoms with Crippen LogP contribution in [0.15, 0.2) is 49.1 Å². The van der Waals surface area contributed by atoms with E-state index in [9.17, 15) is 4.79 Å². The fraction of sp³-hybridized carbons (Fsp3) is 0.487. The van der Waals surface area contributed by atoms with Crippen molar-refractivity contribution in [3.8, 4) is 11.3 Å². The van der Waals surface area contributed by atoms with Gasteiger partial charge in [-0.25, -0.2) is 9.97 Å². The first-order valence-corrected chi connectivity index (χ1v) is 17.1. The largest absolute Gasteiger partial charge is 0.353 e. The van der Waals surface area contributed by atoms with Crippen LogP contribution in [0.4, 0.5) is 0 Å². The molecule has 47 heavy (non-hydrogen) atoms. The minimum absolute atomic E-state index is 0.131. The van der Waals surface area contributed by atoms with Gasteiger partial charge in [-0.15, -0.1) is 0 Å². The van der Waals surface area contributed by atoms with E-state index in [0.29, 0.717) is 11.8 Å². The van der Waals surface area contributed by atoms with Crippen LogP contribution in [0.25, 0.3) is 33.3 Å². The highest BCUT2D eigenvalue weighted by molar-refractivity contribution is 5.93. The third-order valence-electron chi connectivity index (χ3n) is 9.01. The molecule has 4 aromatic heterocycles. The number of hydrogen-bond acceptors (Lipinski definition) is 5. The minimum atomic E-state index is -0.767. The number of nitrogens with one attached hydrogen (secondary N) is 2. The van der Waals surface area contributed by atoms with Gasteiger partial charge in [-0.1, -0.05) is 51.8 Å². The molecular weight excluding hydrogens is 582 g/mol. The van der Waals surface area contributed by atoms with Crippen LogP contribution in [0.1, 0.15) is 82.3 Å². The van der Waals surface area contributed by atoms with Crippen LogP contribution in [-0.2, 0) is 23.7 Å². The number of imidazole rings is 1. The van der Waals surface area contributed by atoms with Crippen molar-refractivity contribution in [1.29, 1.82) is 0 Å². The second-order valence-electron chi connectivity index (χ2n) is 14.9. The maximum Gasteiger partial charge on any atom is 0.234 e. The van der Waals surface area contributed by atoms with E-state index >= 15 is 0 Å². The number of fused-ring (bicyclic) bond motifs is 2. The van der Waals surface area contributed by atoms with Gasteiger partial charge in [0.25, 0.3) is 0 Å². The maximum absolute atomic E-state index is 14.1. The van der Waals surface area contributed by atoms with E-state index < -0.39 is 5.41 Å². The van der Waals surface area contributed by atoms with Gasteiger partial charge < -0.3 is 19.8 Å². The molecule has 0 radical (unpaired) electrons. The number of pyridine rings is 2. The number of carbonyl (C=O) groups is 1. The van der Waals surface area contributed by atoms with Gasteiger partial charge in [-0.3, -0.25) is 9.78 Å². The van der Waals surface area contributed by atoms with Crippen LogP contribution >= 0.6 is 0 Å². The topological polar surface area (TPSA) is 91.7 Å². The Bertz CT molecular complexity index is 1830. The number of aromatic amines is 1. The summed E-state index contributed by atoms with van der Waals surface area (Å²) >= 11 is 0. The van der Waals surface area contributed by atoms with E-state index in [1.807, 2.05) is 42.8 Å². The molecule has 0 bridgehead atoms. The molecule has 5 rings (SSSR count). The summed E-state index contributed by atoms with van der Waals surface area (Å²) in [5, 5.41) is 4.84. The number of aryl methyl sites for hydroxylation is 3. The zero-order chi connectivity index (χ0) is 34.0. The molecule has 0 saturated carbocycles. The lowest BCUT2D eigenvalue weighted by atomic mass is 9.85. The van der Waals surface area contributed by atoms with E-state index in [-0.39, 0.29) is 11.8 Å². The summed E-state index contributed by atoms with van der Waals surface area (Å²) in [6, 6.07) is 11.0. The van der Waals surface area contributed by atoms with Gasteiger partial charge in [0.05, 0.1) is 34.8 Å². The van der Waals surface area contributed by atoms with Crippen molar-refractivity contribution in [3.63, 3.8) is 0 Å². The molecule has 5 aromatic rings. The highest BCUT2D eigenvalue weighted by atomic mass is 16.2. The molecule has 4 heterocycles. The Morgan fingerprint density at radius 3 is 2.28 bits per heavy atom. The van der Waals surface area contributed by atoms with Crippen molar-refractivity contribution in [3.05, 3.63) is 77.0 Å². The number of aromatic nitrogens is 5. The van der Waals surface area contributed by atoms with Gasteiger partial charge in [0, 0.05) is 38.3 Å². The van der Waals surface area contributed by atoms with Gasteiger partial charge in [-0.2, -0.15) is 0 Å². The zero-order valence-electron chi connectivity index (χ0n) is 30.0. The molecule has 0 saturated heterocycles. The van der Waals surface area contributed by atoms with Crippen molar-refractivity contribution in [1.82, 2.24) is 34.7 Å². The normalized spacial score (nSPS) is 12.9. The molecule has 0 aliphatic carbocycles. The Kier molecular flexibility index (Phi) is 10.2. The first-order chi connectivity index (χ1) is 22.2. The van der Waals surface area contributed by atoms with Crippen molar-refractivity contribution in [2.24, 2.45) is 18.9 Å². The average molecular weight is 636 g/mol. The second kappa shape index (κ2) is 14.0. The molecule has 2 N–H and O–H groups in total. The minimum Gasteiger partial charge on any atom is -0.353 e. The summed E-state index contributed by atoms with van der Waals surface area (Å²) < 4.78 is 1.94. The number of hydrogen-bond donors (Lipinski definition) is 2. The maximum atomic E-state index is 14.1. The number of benzene rings is 1. The van der Waals surface area contributed by atoms with Gasteiger partial charge in [-0.05, 0) is 99.4 Å². The molecule has 8 heteroatoms. The molecule has 1 amide bonds. The molecule has 1 aromatic carbocycles. The lowest BCUT2D eigenvalue weighted by molar-refractivity contribution is -0.137. The van der Waals surface area contributed by atoms with Crippen molar-refractivity contribution in [2.45, 2.75) is 80.1 Å². The number of rotatable bonds is 13. The summed E-state index contributed by atoms with van der Waals surface area (Å²) in [6.07, 6.45) is 6.55. The van der Waals surface area contributed by atoms with E-state index in [1.165, 1.54) is 27.8 Å². The van der Waals surface area contributed by atoms with Crippen molar-refractivity contribution < 1.29 is 4.79 Å². The smallest absolute Gasteiger partial charge is 0.234 e. The Morgan fingerprint density at radius 1 is 0.936 bits per heavy atom. The van der Waals surface area contributed by atoms with E-state index in [0.717, 1.165) is 66.1 Å². The average Bonchev–Trinajstić information content (AvgIpc) is 3.57. The van der Waals surface area contributed by atoms with Crippen LogP contribution in [0.3, 0.4) is 0 Å². The number of carbonyl (C=O) groups excluding carboxylic acids is 1. The highest BCUT2D eigenvalue weighted by Gasteiger charge is 2.36. The molecule has 1 atom stereocenters. The SMILES string of the molecule is Cc1cc(C)cc(-c2[nH]c3cnc(C(C)(C)C(=O)N(CC(C)C)CC(C)C)cc3c2C(C)CNCCc2cnc3c(c2)ncn3C)c1. The third kappa shape index (κ3) is 7.59. The van der Waals surface area contributed by atoms with Crippen LogP contribution in [0.5, 0.6) is 0 Å². The van der Waals surface area contributed by atoms with Gasteiger partial charge >= 0.3 is 0 Å². The number of amides is 1. The molecule has 0 spiro atoms. The van der Waals surface area contributed by atoms with E-state index in [1.54, 1.807) is 6.33 Å². The van der Waals surface area contributed by atoms with Crippen LogP contribution < -0.4 is 5.32 Å². The van der Waals surface area contributed by atoms with Gasteiger partial charge in [0.15, 0.2) is 5.65 Å². The fourth-order valence-corrected chi connectivity index (χ4v) is 6.79. The van der Waals surface area contributed by atoms with Gasteiger partial charge in [0.2, 0.25) is 5.91 Å². The molecule has 1 unspecified atom stereocenters. The summed E-state index contributed by atoms with van der Waals surface area (Å²) in [5.74, 6) is 1.11. The van der Waals surface area contributed by atoms with E-state index in [4.69, 9.17) is 4.98 Å². The first-order valence-electron chi connectivity index (χ1n) is 17.1. The summed E-state index contributed by atoms with van der Waals surface area (Å²) in [7, 11) is 1.97. The van der Waals surface area contributed by atoms with Gasteiger partial charge in [0.1, 0.15) is 5.52 Å². The lowest BCUT2D eigenvalue weighted by Crippen LogP contribution is -2.46. The van der Waals surface area contributed by atoms with Crippen LogP contribution in [0.2, 0.25) is 0 Å². The summed E-state index contributed by atoms with van der Waals surface area (Å²) in [6.45, 7) is 22.4. The second-order valence-corrected chi connectivity index (χ2v) is 14.9. The van der Waals surface area contributed by atoms with E-state index in [2.05, 4.69) is 99.1 Å². The number of H-pyrrole nitrogens is 1. The Labute approximate surface area is 280 Å². The molecule has 0 aliphatic heterocycles. The molecule has 0 fully saturated rings. The molecular formula is C39H53N7O. The lowest BCUT2D eigenvalue weighted by Gasteiger charge is -2.34. The van der Waals surface area contributed by atoms with Crippen LogP contribution in [-0.4, -0.2) is 61.5 Å². The Balaban J connectivity index is 1.46. The number of nitrogens with zero attached hydrogens (tertiary/aromatic N) is 5. The fourth-order valence-electron chi connectivity index (χ4n) is 6.79. The van der Waals surface area contributed by atoms with Crippen molar-refractivity contribution >= 4 is 28.0 Å². The molecule has 250 valence electrons. The molecule has 8 nitrogen and oxygen atoms in total. The Morgan fingerprint density at radius 2 is 1.62 bits per heavy atom. The highest BCUT2D eigenvalue weighted by Crippen LogP contribution is 2.38. The molecule has 0 aliphatic rings.